The van der Waals surface area contributed by atoms with Gasteiger partial charge in [-0.2, -0.15) is 0 Å². The smallest absolute Gasteiger partial charge is 0.151 e. The van der Waals surface area contributed by atoms with E-state index in [1.165, 1.54) is 16.3 Å². The molecule has 0 amide bonds. The van der Waals surface area contributed by atoms with E-state index in [4.69, 9.17) is 0 Å². The van der Waals surface area contributed by atoms with Crippen LogP contribution in [0.5, 0.6) is 0 Å². The standard InChI is InChI=1S/C25H32N4/c1-17-13-18-9-7-8-10-19(18)14-21(17)22-11-12-23(27-26-22)29(6)20-15-24(2,3)28-25(4,5)16-20/h7-14,20,28H,15-16H2,1-6H3. The number of hydrogen-bond acceptors (Lipinski definition) is 4. The van der Waals surface area contributed by atoms with Crippen molar-refractivity contribution in [3.05, 3.63) is 54.1 Å². The molecule has 1 saturated heterocycles. The van der Waals surface area contributed by atoms with Crippen LogP contribution in [0.3, 0.4) is 0 Å². The second-order valence-corrected chi connectivity index (χ2v) is 9.86. The van der Waals surface area contributed by atoms with Crippen LogP contribution >= 0.6 is 0 Å². The molecule has 0 atom stereocenters. The molecule has 0 aliphatic carbocycles. The number of nitrogens with zero attached hydrogens (tertiary/aromatic N) is 3. The van der Waals surface area contributed by atoms with Gasteiger partial charge in [0.1, 0.15) is 0 Å². The Kier molecular flexibility index (Phi) is 4.86. The van der Waals surface area contributed by atoms with E-state index < -0.39 is 0 Å². The average molecular weight is 389 g/mol. The third kappa shape index (κ3) is 4.13. The quantitative estimate of drug-likeness (QED) is 0.656. The Morgan fingerprint density at radius 3 is 2.10 bits per heavy atom. The Bertz CT molecular complexity index is 1000. The van der Waals surface area contributed by atoms with E-state index in [1.807, 2.05) is 0 Å². The minimum atomic E-state index is 0.107. The summed E-state index contributed by atoms with van der Waals surface area (Å²) in [6.45, 7) is 11.3. The molecule has 0 bridgehead atoms. The van der Waals surface area contributed by atoms with Crippen molar-refractivity contribution in [1.29, 1.82) is 0 Å². The maximum atomic E-state index is 4.60. The van der Waals surface area contributed by atoms with Gasteiger partial charge in [-0.05, 0) is 82.0 Å². The zero-order valence-corrected chi connectivity index (χ0v) is 18.5. The summed E-state index contributed by atoms with van der Waals surface area (Å²) in [5, 5.41) is 15.4. The van der Waals surface area contributed by atoms with E-state index in [1.54, 1.807) is 0 Å². The van der Waals surface area contributed by atoms with Crippen LogP contribution in [-0.2, 0) is 0 Å². The van der Waals surface area contributed by atoms with Gasteiger partial charge in [-0.1, -0.05) is 30.3 Å². The van der Waals surface area contributed by atoms with Gasteiger partial charge in [-0.3, -0.25) is 0 Å². The molecule has 4 heteroatoms. The van der Waals surface area contributed by atoms with E-state index in [-0.39, 0.29) is 11.1 Å². The second kappa shape index (κ2) is 7.10. The molecule has 4 rings (SSSR count). The van der Waals surface area contributed by atoms with Crippen LogP contribution in [-0.4, -0.2) is 34.4 Å². The van der Waals surface area contributed by atoms with Gasteiger partial charge in [-0.15, -0.1) is 10.2 Å². The van der Waals surface area contributed by atoms with Crippen LogP contribution in [0.15, 0.2) is 48.5 Å². The molecule has 2 aromatic carbocycles. The highest BCUT2D eigenvalue weighted by molar-refractivity contribution is 5.88. The fourth-order valence-electron chi connectivity index (χ4n) is 5.02. The van der Waals surface area contributed by atoms with Crippen LogP contribution in [0, 0.1) is 6.92 Å². The zero-order valence-electron chi connectivity index (χ0n) is 18.5. The van der Waals surface area contributed by atoms with Gasteiger partial charge in [0.25, 0.3) is 0 Å². The normalized spacial score (nSPS) is 18.7. The number of fused-ring (bicyclic) bond motifs is 1. The van der Waals surface area contributed by atoms with Gasteiger partial charge >= 0.3 is 0 Å². The Morgan fingerprint density at radius 2 is 1.52 bits per heavy atom. The van der Waals surface area contributed by atoms with Crippen molar-refractivity contribution < 1.29 is 0 Å². The molecule has 0 saturated carbocycles. The van der Waals surface area contributed by atoms with Gasteiger partial charge in [0.15, 0.2) is 5.82 Å². The number of aryl methyl sites for hydroxylation is 1. The summed E-state index contributed by atoms with van der Waals surface area (Å²) in [6.07, 6.45) is 2.17. The van der Waals surface area contributed by atoms with E-state index in [2.05, 4.69) is 111 Å². The highest BCUT2D eigenvalue weighted by Gasteiger charge is 2.39. The molecular weight excluding hydrogens is 356 g/mol. The van der Waals surface area contributed by atoms with E-state index in [9.17, 15) is 0 Å². The summed E-state index contributed by atoms with van der Waals surface area (Å²) in [5.41, 5.74) is 3.51. The molecule has 3 aromatic rings. The Labute approximate surface area is 174 Å². The molecule has 1 N–H and O–H groups in total. The monoisotopic (exact) mass is 388 g/mol. The zero-order chi connectivity index (χ0) is 20.8. The van der Waals surface area contributed by atoms with Crippen molar-refractivity contribution in [3.8, 4) is 11.3 Å². The van der Waals surface area contributed by atoms with Crippen LogP contribution < -0.4 is 10.2 Å². The Morgan fingerprint density at radius 1 is 0.897 bits per heavy atom. The van der Waals surface area contributed by atoms with Crippen LogP contribution in [0.1, 0.15) is 46.1 Å². The highest BCUT2D eigenvalue weighted by atomic mass is 15.3. The second-order valence-electron chi connectivity index (χ2n) is 9.86. The number of nitrogens with one attached hydrogen (secondary N) is 1. The summed E-state index contributed by atoms with van der Waals surface area (Å²) < 4.78 is 0. The average Bonchev–Trinajstić information content (AvgIpc) is 2.64. The van der Waals surface area contributed by atoms with Crippen molar-refractivity contribution in [2.45, 2.75) is 64.6 Å². The van der Waals surface area contributed by atoms with E-state index in [0.29, 0.717) is 6.04 Å². The predicted octanol–water partition coefficient (Wildman–Crippen LogP) is 5.35. The van der Waals surface area contributed by atoms with Crippen LogP contribution in [0.4, 0.5) is 5.82 Å². The molecule has 1 aliphatic heterocycles. The van der Waals surface area contributed by atoms with Crippen molar-refractivity contribution in [1.82, 2.24) is 15.5 Å². The van der Waals surface area contributed by atoms with Crippen molar-refractivity contribution in [3.63, 3.8) is 0 Å². The lowest BCUT2D eigenvalue weighted by atomic mass is 9.79. The molecule has 1 aromatic heterocycles. The van der Waals surface area contributed by atoms with Crippen LogP contribution in [0.2, 0.25) is 0 Å². The SMILES string of the molecule is Cc1cc2ccccc2cc1-c1ccc(N(C)C2CC(C)(C)NC(C)(C)C2)nn1. The summed E-state index contributed by atoms with van der Waals surface area (Å²) in [6, 6.07) is 17.5. The number of aromatic nitrogens is 2. The highest BCUT2D eigenvalue weighted by Crippen LogP contribution is 2.33. The lowest BCUT2D eigenvalue weighted by Crippen LogP contribution is -2.62. The largest absolute Gasteiger partial charge is 0.355 e. The molecule has 0 unspecified atom stereocenters. The van der Waals surface area contributed by atoms with Gasteiger partial charge in [0.05, 0.1) is 5.69 Å². The Balaban J connectivity index is 1.60. The molecule has 0 radical (unpaired) electrons. The third-order valence-electron chi connectivity index (χ3n) is 6.10. The van der Waals surface area contributed by atoms with E-state index in [0.717, 1.165) is 29.9 Å². The Hall–Kier alpha value is -2.46. The number of piperidine rings is 1. The maximum Gasteiger partial charge on any atom is 0.151 e. The molecule has 1 aliphatic rings. The molecule has 4 nitrogen and oxygen atoms in total. The number of rotatable bonds is 3. The molecule has 2 heterocycles. The molecule has 1 fully saturated rings. The first-order chi connectivity index (χ1) is 13.6. The third-order valence-corrected chi connectivity index (χ3v) is 6.10. The first-order valence-electron chi connectivity index (χ1n) is 10.5. The first-order valence-corrected chi connectivity index (χ1v) is 10.5. The van der Waals surface area contributed by atoms with Crippen molar-refractivity contribution in [2.24, 2.45) is 0 Å². The fourth-order valence-corrected chi connectivity index (χ4v) is 5.02. The minimum Gasteiger partial charge on any atom is -0.355 e. The molecular formula is C25H32N4. The van der Waals surface area contributed by atoms with Gasteiger partial charge in [0, 0.05) is 29.7 Å². The van der Waals surface area contributed by atoms with E-state index >= 15 is 0 Å². The van der Waals surface area contributed by atoms with Crippen molar-refractivity contribution in [2.75, 3.05) is 11.9 Å². The summed E-state index contributed by atoms with van der Waals surface area (Å²) in [5.74, 6) is 0.936. The number of hydrogen-bond donors (Lipinski definition) is 1. The molecule has 29 heavy (non-hydrogen) atoms. The first kappa shape index (κ1) is 19.8. The maximum absolute atomic E-state index is 4.60. The van der Waals surface area contributed by atoms with Gasteiger partial charge in [-0.25, -0.2) is 0 Å². The number of benzene rings is 2. The predicted molar refractivity (Wildman–Crippen MR) is 122 cm³/mol. The lowest BCUT2D eigenvalue weighted by Gasteiger charge is -2.49. The summed E-state index contributed by atoms with van der Waals surface area (Å²) in [4.78, 5) is 2.30. The van der Waals surface area contributed by atoms with Crippen LogP contribution in [0.25, 0.3) is 22.0 Å². The molecule has 0 spiro atoms. The van der Waals surface area contributed by atoms with Gasteiger partial charge in [0.2, 0.25) is 0 Å². The number of anilines is 1. The fraction of sp³-hybridized carbons (Fsp3) is 0.440. The summed E-state index contributed by atoms with van der Waals surface area (Å²) >= 11 is 0. The topological polar surface area (TPSA) is 41.0 Å². The minimum absolute atomic E-state index is 0.107. The van der Waals surface area contributed by atoms with Crippen molar-refractivity contribution >= 4 is 16.6 Å². The van der Waals surface area contributed by atoms with Gasteiger partial charge < -0.3 is 10.2 Å². The summed E-state index contributed by atoms with van der Waals surface area (Å²) in [7, 11) is 2.15. The lowest BCUT2D eigenvalue weighted by molar-refractivity contribution is 0.160. The molecule has 152 valence electrons.